The molecule has 0 radical (unpaired) electrons. The van der Waals surface area contributed by atoms with E-state index in [4.69, 9.17) is 11.6 Å². The second-order valence-corrected chi connectivity index (χ2v) is 9.25. The first-order chi connectivity index (χ1) is 14.6. The predicted molar refractivity (Wildman–Crippen MR) is 111 cm³/mol. The van der Waals surface area contributed by atoms with Crippen molar-refractivity contribution in [1.29, 1.82) is 0 Å². The summed E-state index contributed by atoms with van der Waals surface area (Å²) in [6, 6.07) is 7.17. The van der Waals surface area contributed by atoms with Crippen LogP contribution < -0.4 is 10.2 Å². The lowest BCUT2D eigenvalue weighted by Crippen LogP contribution is -2.35. The van der Waals surface area contributed by atoms with E-state index in [0.29, 0.717) is 24.5 Å². The standard InChI is InChI=1S/C20H17ClF3N3O3S/c21-15-7-6-13(11-14(15)20(22,23)24)25-19(28)12-5-8-16-17(10-12)31(29,30)26-18-4-2-1-3-9-27(16)18/h5-8,10-11H,1-4,9H2,(H,25,28). The van der Waals surface area contributed by atoms with E-state index in [1.54, 1.807) is 0 Å². The third-order valence-electron chi connectivity index (χ3n) is 5.14. The summed E-state index contributed by atoms with van der Waals surface area (Å²) in [7, 11) is -3.99. The monoisotopic (exact) mass is 471 g/mol. The Bertz CT molecular complexity index is 1200. The third-order valence-corrected chi connectivity index (χ3v) is 6.80. The van der Waals surface area contributed by atoms with E-state index >= 15 is 0 Å². The zero-order valence-electron chi connectivity index (χ0n) is 16.0. The van der Waals surface area contributed by atoms with E-state index in [1.165, 1.54) is 24.3 Å². The molecule has 31 heavy (non-hydrogen) atoms. The minimum atomic E-state index is -4.68. The molecule has 0 aromatic heterocycles. The Balaban J connectivity index is 1.66. The van der Waals surface area contributed by atoms with E-state index in [9.17, 15) is 26.4 Å². The van der Waals surface area contributed by atoms with Crippen LogP contribution in [0.3, 0.4) is 0 Å². The van der Waals surface area contributed by atoms with Crippen LogP contribution in [-0.4, -0.2) is 26.7 Å². The van der Waals surface area contributed by atoms with Gasteiger partial charge in [-0.1, -0.05) is 18.0 Å². The predicted octanol–water partition coefficient (Wildman–Crippen LogP) is 5.09. The molecule has 2 aliphatic rings. The van der Waals surface area contributed by atoms with Crippen LogP contribution in [0.2, 0.25) is 5.02 Å². The lowest BCUT2D eigenvalue weighted by Gasteiger charge is -2.29. The molecule has 4 rings (SSSR count). The smallest absolute Gasteiger partial charge is 0.328 e. The zero-order valence-corrected chi connectivity index (χ0v) is 17.6. The van der Waals surface area contributed by atoms with Gasteiger partial charge in [-0.05, 0) is 49.2 Å². The summed E-state index contributed by atoms with van der Waals surface area (Å²) in [5.41, 5.74) is -0.758. The number of nitrogens with zero attached hydrogens (tertiary/aromatic N) is 2. The number of amidine groups is 1. The largest absolute Gasteiger partial charge is 0.417 e. The normalized spacial score (nSPS) is 17.8. The number of sulfonamides is 1. The number of halogens is 4. The summed E-state index contributed by atoms with van der Waals surface area (Å²) < 4.78 is 68.4. The van der Waals surface area contributed by atoms with Crippen molar-refractivity contribution in [3.63, 3.8) is 0 Å². The van der Waals surface area contributed by atoms with Gasteiger partial charge in [0.25, 0.3) is 15.9 Å². The Morgan fingerprint density at radius 2 is 1.87 bits per heavy atom. The summed E-state index contributed by atoms with van der Waals surface area (Å²) in [4.78, 5) is 14.4. The van der Waals surface area contributed by atoms with Crippen LogP contribution in [0, 0.1) is 0 Å². The van der Waals surface area contributed by atoms with Crippen molar-refractivity contribution in [3.8, 4) is 0 Å². The molecular formula is C20H17ClF3N3O3S. The number of anilines is 2. The second-order valence-electron chi connectivity index (χ2n) is 7.27. The van der Waals surface area contributed by atoms with Gasteiger partial charge in [0.15, 0.2) is 0 Å². The molecule has 1 fully saturated rings. The molecule has 0 spiro atoms. The number of carbonyl (C=O) groups is 1. The van der Waals surface area contributed by atoms with Crippen LogP contribution in [-0.2, 0) is 16.2 Å². The number of hydrogen-bond donors (Lipinski definition) is 1. The van der Waals surface area contributed by atoms with E-state index in [2.05, 4.69) is 9.71 Å². The molecule has 1 N–H and O–H groups in total. The van der Waals surface area contributed by atoms with Crippen LogP contribution >= 0.6 is 11.6 Å². The molecule has 0 aliphatic carbocycles. The molecule has 2 aromatic carbocycles. The number of hydrogen-bond acceptors (Lipinski definition) is 4. The van der Waals surface area contributed by atoms with Crippen molar-refractivity contribution >= 4 is 44.7 Å². The van der Waals surface area contributed by atoms with Crippen LogP contribution in [0.15, 0.2) is 45.7 Å². The van der Waals surface area contributed by atoms with Gasteiger partial charge in [-0.3, -0.25) is 4.79 Å². The van der Waals surface area contributed by atoms with Crippen LogP contribution in [0.5, 0.6) is 0 Å². The van der Waals surface area contributed by atoms with Crippen molar-refractivity contribution in [2.24, 2.45) is 4.40 Å². The quantitative estimate of drug-likeness (QED) is 0.661. The minimum absolute atomic E-state index is 0.0145. The molecule has 2 aromatic rings. The van der Waals surface area contributed by atoms with Crippen LogP contribution in [0.25, 0.3) is 0 Å². The van der Waals surface area contributed by atoms with Gasteiger partial charge in [-0.15, -0.1) is 4.40 Å². The van der Waals surface area contributed by atoms with E-state index < -0.39 is 32.7 Å². The lowest BCUT2D eigenvalue weighted by atomic mass is 10.1. The number of nitrogens with one attached hydrogen (secondary N) is 1. The molecule has 1 saturated heterocycles. The maximum absolute atomic E-state index is 13.0. The van der Waals surface area contributed by atoms with Crippen LogP contribution in [0.4, 0.5) is 24.5 Å². The fourth-order valence-electron chi connectivity index (χ4n) is 3.64. The lowest BCUT2D eigenvalue weighted by molar-refractivity contribution is -0.137. The van der Waals surface area contributed by atoms with Gasteiger partial charge in [-0.2, -0.15) is 21.6 Å². The molecule has 0 bridgehead atoms. The molecular weight excluding hydrogens is 455 g/mol. The highest BCUT2D eigenvalue weighted by atomic mass is 35.5. The minimum Gasteiger partial charge on any atom is -0.328 e. The van der Waals surface area contributed by atoms with Crippen molar-refractivity contribution < 1.29 is 26.4 Å². The van der Waals surface area contributed by atoms with Gasteiger partial charge in [0.1, 0.15) is 10.7 Å². The highest BCUT2D eigenvalue weighted by molar-refractivity contribution is 7.90. The summed E-state index contributed by atoms with van der Waals surface area (Å²) >= 11 is 5.60. The molecule has 164 valence electrons. The number of fused-ring (bicyclic) bond motifs is 3. The molecule has 2 aliphatic heterocycles. The molecule has 11 heteroatoms. The van der Waals surface area contributed by atoms with Gasteiger partial charge in [-0.25, -0.2) is 0 Å². The van der Waals surface area contributed by atoms with Crippen molar-refractivity contribution in [2.45, 2.75) is 36.8 Å². The summed E-state index contributed by atoms with van der Waals surface area (Å²) in [5.74, 6) is -0.262. The van der Waals surface area contributed by atoms with Gasteiger partial charge >= 0.3 is 6.18 Å². The SMILES string of the molecule is O=C(Nc1ccc(Cl)c(C(F)(F)F)c1)c1ccc2c(c1)S(=O)(=O)N=C1CCCCCN12. The number of amides is 1. The number of rotatable bonds is 2. The first-order valence-corrected chi connectivity index (χ1v) is 11.3. The van der Waals surface area contributed by atoms with Crippen LogP contribution in [0.1, 0.15) is 41.6 Å². The average molecular weight is 472 g/mol. The van der Waals surface area contributed by atoms with Crippen molar-refractivity contribution in [2.75, 3.05) is 16.8 Å². The Hall–Kier alpha value is -2.59. The molecule has 1 amide bonds. The summed E-state index contributed by atoms with van der Waals surface area (Å²) in [6.07, 6.45) is -1.42. The number of benzene rings is 2. The van der Waals surface area contributed by atoms with Crippen molar-refractivity contribution in [1.82, 2.24) is 0 Å². The Morgan fingerprint density at radius 1 is 1.10 bits per heavy atom. The summed E-state index contributed by atoms with van der Waals surface area (Å²) in [5, 5.41) is 1.87. The fraction of sp³-hybridized carbons (Fsp3) is 0.300. The average Bonchev–Trinajstić information content (AvgIpc) is 2.93. The third kappa shape index (κ3) is 4.27. The van der Waals surface area contributed by atoms with Gasteiger partial charge in [0.2, 0.25) is 0 Å². The molecule has 2 heterocycles. The molecule has 0 atom stereocenters. The highest BCUT2D eigenvalue weighted by Crippen LogP contribution is 2.37. The van der Waals surface area contributed by atoms with Gasteiger partial charge < -0.3 is 10.2 Å². The Labute approximate surface area is 181 Å². The molecule has 0 unspecified atom stereocenters. The van der Waals surface area contributed by atoms with E-state index in [1.807, 2.05) is 4.90 Å². The van der Waals surface area contributed by atoms with E-state index in [0.717, 1.165) is 31.4 Å². The Morgan fingerprint density at radius 3 is 2.61 bits per heavy atom. The topological polar surface area (TPSA) is 78.8 Å². The van der Waals surface area contributed by atoms with Crippen molar-refractivity contribution in [3.05, 3.63) is 52.5 Å². The highest BCUT2D eigenvalue weighted by Gasteiger charge is 2.34. The summed E-state index contributed by atoms with van der Waals surface area (Å²) in [6.45, 7) is 0.623. The van der Waals surface area contributed by atoms with Gasteiger partial charge in [0.05, 0.1) is 16.3 Å². The second kappa shape index (κ2) is 7.83. The first-order valence-electron chi connectivity index (χ1n) is 9.50. The van der Waals surface area contributed by atoms with E-state index in [-0.39, 0.29) is 16.1 Å². The molecule has 6 nitrogen and oxygen atoms in total. The Kier molecular flexibility index (Phi) is 5.47. The first kappa shape index (κ1) is 21.6. The fourth-order valence-corrected chi connectivity index (χ4v) is 5.15. The molecule has 0 saturated carbocycles. The maximum Gasteiger partial charge on any atom is 0.417 e. The number of alkyl halides is 3. The number of carbonyl (C=O) groups excluding carboxylic acids is 1. The maximum atomic E-state index is 13.0. The van der Waals surface area contributed by atoms with Gasteiger partial charge in [0, 0.05) is 24.2 Å². The zero-order chi connectivity index (χ0) is 22.4.